The van der Waals surface area contributed by atoms with Crippen molar-refractivity contribution < 1.29 is 0 Å². The van der Waals surface area contributed by atoms with Gasteiger partial charge in [0.1, 0.15) is 0 Å². The second kappa shape index (κ2) is 7.31. The minimum absolute atomic E-state index is 1.28. The highest BCUT2D eigenvalue weighted by atomic mass is 127. The van der Waals surface area contributed by atoms with E-state index in [1.165, 1.54) is 29.3 Å². The Morgan fingerprint density at radius 3 is 2.56 bits per heavy atom. The molecule has 9 heavy (non-hydrogen) atoms. The van der Waals surface area contributed by atoms with E-state index in [4.69, 9.17) is 0 Å². The van der Waals surface area contributed by atoms with E-state index >= 15 is 0 Å². The molecule has 0 aromatic heterocycles. The van der Waals surface area contributed by atoms with Crippen LogP contribution in [0.15, 0.2) is 7.66 Å². The third-order valence-electron chi connectivity index (χ3n) is 1.14. The normalized spacial score (nSPS) is 12.1. The van der Waals surface area contributed by atoms with Crippen molar-refractivity contribution in [3.8, 4) is 0 Å². The van der Waals surface area contributed by atoms with E-state index in [-0.39, 0.29) is 0 Å². The highest BCUT2D eigenvalue weighted by Crippen LogP contribution is 2.16. The molecule has 0 aromatic rings. The molecule has 0 aromatic carbocycles. The molecule has 0 N–H and O–H groups in total. The molecule has 0 rings (SSSR count). The van der Waals surface area contributed by atoms with Gasteiger partial charge in [-0.15, -0.1) is 0 Å². The van der Waals surface area contributed by atoms with E-state index in [0.717, 1.165) is 0 Å². The second-order valence-corrected chi connectivity index (χ2v) is 4.02. The number of allylic oxidation sites excluding steroid dienone is 1. The van der Waals surface area contributed by atoms with Crippen LogP contribution in [0, 0.1) is 0 Å². The van der Waals surface area contributed by atoms with Gasteiger partial charge in [0, 0.05) is 0 Å². The summed E-state index contributed by atoms with van der Waals surface area (Å²) in [4.78, 5) is 0. The van der Waals surface area contributed by atoms with Crippen LogP contribution in [0.5, 0.6) is 0 Å². The molecular formula is C7H12I2. The monoisotopic (exact) mass is 350 g/mol. The highest BCUT2D eigenvalue weighted by Gasteiger charge is 1.88. The van der Waals surface area contributed by atoms with E-state index in [9.17, 15) is 0 Å². The van der Waals surface area contributed by atoms with E-state index in [1.807, 2.05) is 0 Å². The van der Waals surface area contributed by atoms with Gasteiger partial charge in [-0.2, -0.15) is 0 Å². The first-order valence-electron chi connectivity index (χ1n) is 3.26. The average Bonchev–Trinajstić information content (AvgIpc) is 1.89. The minimum Gasteiger partial charge on any atom is -0.0654 e. The zero-order chi connectivity index (χ0) is 7.11. The Hall–Kier alpha value is 1.20. The van der Waals surface area contributed by atoms with Gasteiger partial charge in [0.2, 0.25) is 0 Å². The van der Waals surface area contributed by atoms with Crippen molar-refractivity contribution in [2.24, 2.45) is 0 Å². The van der Waals surface area contributed by atoms with E-state index in [2.05, 4.69) is 56.2 Å². The quantitative estimate of drug-likeness (QED) is 0.525. The van der Waals surface area contributed by atoms with Crippen LogP contribution in [0.2, 0.25) is 0 Å². The standard InChI is InChI=1S/C7H12I2/c1-2-3-4-5-7(9)6-8/h6H,2-5H2,1H3/b7-6+. The fraction of sp³-hybridized carbons (Fsp3) is 0.714. The van der Waals surface area contributed by atoms with Crippen molar-refractivity contribution in [3.63, 3.8) is 0 Å². The molecule has 0 bridgehead atoms. The maximum Gasteiger partial charge on any atom is -0.00335 e. The Balaban J connectivity index is 3.07. The third-order valence-corrected chi connectivity index (χ3v) is 3.93. The summed E-state index contributed by atoms with van der Waals surface area (Å²) in [7, 11) is 0. The lowest BCUT2D eigenvalue weighted by atomic mass is 10.2. The fourth-order valence-corrected chi connectivity index (χ4v) is 1.29. The van der Waals surface area contributed by atoms with E-state index in [1.54, 1.807) is 0 Å². The first-order valence-corrected chi connectivity index (χ1v) is 5.58. The molecule has 0 nitrogen and oxygen atoms in total. The summed E-state index contributed by atoms with van der Waals surface area (Å²) >= 11 is 4.69. The van der Waals surface area contributed by atoms with Gasteiger partial charge in [0.25, 0.3) is 0 Å². The van der Waals surface area contributed by atoms with Crippen LogP contribution in [-0.4, -0.2) is 0 Å². The number of halogens is 2. The van der Waals surface area contributed by atoms with Gasteiger partial charge >= 0.3 is 0 Å². The molecule has 0 fully saturated rings. The lowest BCUT2D eigenvalue weighted by molar-refractivity contribution is 0.728. The number of unbranched alkanes of at least 4 members (excludes halogenated alkanes) is 2. The summed E-state index contributed by atoms with van der Waals surface area (Å²) in [6, 6.07) is 0. The second-order valence-electron chi connectivity index (χ2n) is 2.01. The summed E-state index contributed by atoms with van der Waals surface area (Å²) in [5.74, 6) is 0. The van der Waals surface area contributed by atoms with Gasteiger partial charge in [-0.3, -0.25) is 0 Å². The first kappa shape index (κ1) is 10.2. The SMILES string of the molecule is CCCCC/C(I)=C\I. The first-order chi connectivity index (χ1) is 4.31. The van der Waals surface area contributed by atoms with Crippen LogP contribution in [0.25, 0.3) is 0 Å². The average molecular weight is 350 g/mol. The Morgan fingerprint density at radius 1 is 1.44 bits per heavy atom. The van der Waals surface area contributed by atoms with Crippen LogP contribution >= 0.6 is 45.2 Å². The molecule has 54 valence electrons. The van der Waals surface area contributed by atoms with Crippen LogP contribution < -0.4 is 0 Å². The lowest BCUT2D eigenvalue weighted by Gasteiger charge is -1.94. The van der Waals surface area contributed by atoms with E-state index < -0.39 is 0 Å². The number of hydrogen-bond donors (Lipinski definition) is 0. The molecule has 0 saturated heterocycles. The Bertz CT molecular complexity index is 86.9. The smallest absolute Gasteiger partial charge is 0.00335 e. The molecule has 0 aliphatic rings. The molecule has 2 heteroatoms. The predicted molar refractivity (Wildman–Crippen MR) is 60.3 cm³/mol. The van der Waals surface area contributed by atoms with Crippen molar-refractivity contribution in [3.05, 3.63) is 7.66 Å². The molecular weight excluding hydrogens is 338 g/mol. The van der Waals surface area contributed by atoms with Gasteiger partial charge in [-0.25, -0.2) is 0 Å². The summed E-state index contributed by atoms with van der Waals surface area (Å²) in [6.07, 6.45) is 5.33. The molecule has 0 unspecified atom stereocenters. The summed E-state index contributed by atoms with van der Waals surface area (Å²) in [5.41, 5.74) is 0. The van der Waals surface area contributed by atoms with Crippen molar-refractivity contribution in [1.29, 1.82) is 0 Å². The molecule has 0 saturated carbocycles. The van der Waals surface area contributed by atoms with Crippen LogP contribution in [0.3, 0.4) is 0 Å². The maximum atomic E-state index is 2.40. The van der Waals surface area contributed by atoms with Crippen LogP contribution in [0.4, 0.5) is 0 Å². The summed E-state index contributed by atoms with van der Waals surface area (Å²) in [5, 5.41) is 0. The Labute approximate surface area is 84.8 Å². The maximum absolute atomic E-state index is 2.40. The summed E-state index contributed by atoms with van der Waals surface area (Å²) in [6.45, 7) is 2.24. The Morgan fingerprint density at radius 2 is 2.11 bits per heavy atom. The number of hydrogen-bond acceptors (Lipinski definition) is 0. The fourth-order valence-electron chi connectivity index (χ4n) is 0.598. The zero-order valence-corrected chi connectivity index (χ0v) is 9.98. The van der Waals surface area contributed by atoms with Gasteiger partial charge in [0.15, 0.2) is 0 Å². The van der Waals surface area contributed by atoms with Crippen LogP contribution in [-0.2, 0) is 0 Å². The molecule has 0 radical (unpaired) electrons. The predicted octanol–water partition coefficient (Wildman–Crippen LogP) is 4.28. The molecule has 0 heterocycles. The zero-order valence-electron chi connectivity index (χ0n) is 5.66. The van der Waals surface area contributed by atoms with E-state index in [0.29, 0.717) is 0 Å². The van der Waals surface area contributed by atoms with Crippen LogP contribution in [0.1, 0.15) is 32.6 Å². The van der Waals surface area contributed by atoms with Crippen molar-refractivity contribution in [2.45, 2.75) is 32.6 Å². The van der Waals surface area contributed by atoms with Gasteiger partial charge in [0.05, 0.1) is 0 Å². The largest absolute Gasteiger partial charge is 0.0654 e. The third kappa shape index (κ3) is 7.09. The molecule has 0 spiro atoms. The van der Waals surface area contributed by atoms with Gasteiger partial charge in [-0.05, 0) is 43.1 Å². The lowest BCUT2D eigenvalue weighted by Crippen LogP contribution is -1.73. The topological polar surface area (TPSA) is 0 Å². The van der Waals surface area contributed by atoms with Crippen molar-refractivity contribution in [1.82, 2.24) is 0 Å². The minimum atomic E-state index is 1.28. The molecule has 0 aliphatic heterocycles. The summed E-state index contributed by atoms with van der Waals surface area (Å²) < 4.78 is 3.65. The van der Waals surface area contributed by atoms with Crippen molar-refractivity contribution in [2.75, 3.05) is 0 Å². The van der Waals surface area contributed by atoms with Gasteiger partial charge < -0.3 is 0 Å². The Kier molecular flexibility index (Phi) is 8.28. The van der Waals surface area contributed by atoms with Crippen molar-refractivity contribution >= 4 is 45.2 Å². The molecule has 0 aliphatic carbocycles. The number of rotatable bonds is 4. The highest BCUT2D eigenvalue weighted by molar-refractivity contribution is 14.1. The van der Waals surface area contributed by atoms with Gasteiger partial charge in [-0.1, -0.05) is 42.4 Å². The molecule has 0 atom stereocenters. The molecule has 0 amide bonds.